The number of rotatable bonds is 3. The Balaban J connectivity index is 2.42. The molecule has 2 heterocycles. The van der Waals surface area contributed by atoms with Crippen molar-refractivity contribution >= 4 is 17.7 Å². The smallest absolute Gasteiger partial charge is 0.224 e. The lowest BCUT2D eigenvalue weighted by Crippen LogP contribution is -2.00. The molecule has 2 aromatic rings. The zero-order chi connectivity index (χ0) is 11.5. The highest BCUT2D eigenvalue weighted by molar-refractivity contribution is 7.98. The van der Waals surface area contributed by atoms with E-state index in [1.165, 1.54) is 11.8 Å². The first-order valence-corrected chi connectivity index (χ1v) is 6.10. The van der Waals surface area contributed by atoms with Crippen molar-refractivity contribution in [3.05, 3.63) is 17.9 Å². The van der Waals surface area contributed by atoms with Gasteiger partial charge in [-0.2, -0.15) is 15.0 Å². The van der Waals surface area contributed by atoms with Crippen LogP contribution in [0, 0.1) is 0 Å². The van der Waals surface area contributed by atoms with Crippen LogP contribution in [0.1, 0.15) is 12.7 Å². The van der Waals surface area contributed by atoms with Crippen LogP contribution in [0.25, 0.3) is 11.6 Å². The van der Waals surface area contributed by atoms with E-state index >= 15 is 0 Å². The molecule has 0 radical (unpaired) electrons. The summed E-state index contributed by atoms with van der Waals surface area (Å²) in [5.41, 5.74) is 5.59. The molecule has 2 aromatic heterocycles. The van der Waals surface area contributed by atoms with Gasteiger partial charge in [-0.1, -0.05) is 18.7 Å². The van der Waals surface area contributed by atoms with Crippen LogP contribution in [0.2, 0.25) is 0 Å². The van der Waals surface area contributed by atoms with Gasteiger partial charge in [0, 0.05) is 6.42 Å². The van der Waals surface area contributed by atoms with Crippen molar-refractivity contribution in [2.75, 3.05) is 12.0 Å². The van der Waals surface area contributed by atoms with Crippen molar-refractivity contribution in [1.29, 1.82) is 0 Å². The van der Waals surface area contributed by atoms with Crippen LogP contribution in [0.3, 0.4) is 0 Å². The fraction of sp³-hybridized carbons (Fsp3) is 0.300. The first-order chi connectivity index (χ1) is 7.72. The summed E-state index contributed by atoms with van der Waals surface area (Å²) in [5, 5.41) is 0.594. The minimum atomic E-state index is 0.212. The van der Waals surface area contributed by atoms with Crippen LogP contribution in [-0.2, 0) is 6.42 Å². The van der Waals surface area contributed by atoms with Crippen LogP contribution >= 0.6 is 11.8 Å². The van der Waals surface area contributed by atoms with Crippen molar-refractivity contribution in [3.63, 3.8) is 0 Å². The van der Waals surface area contributed by atoms with E-state index in [1.54, 1.807) is 0 Å². The molecule has 0 saturated heterocycles. The number of aromatic nitrogens is 3. The zero-order valence-corrected chi connectivity index (χ0v) is 9.91. The molecular weight excluding hydrogens is 224 g/mol. The lowest BCUT2D eigenvalue weighted by atomic mass is 10.3. The second-order valence-electron chi connectivity index (χ2n) is 3.12. The zero-order valence-electron chi connectivity index (χ0n) is 9.10. The van der Waals surface area contributed by atoms with Crippen LogP contribution in [-0.4, -0.2) is 21.2 Å². The third-order valence-corrected chi connectivity index (χ3v) is 2.59. The standard InChI is InChI=1S/C10H12N4OS/c1-3-6-4-5-7(15-6)8-12-9(11)14-10(13-8)16-2/h4-5H,3H2,1-2H3,(H2,11,12,13,14). The third kappa shape index (κ3) is 2.16. The summed E-state index contributed by atoms with van der Waals surface area (Å²) in [6.07, 6.45) is 2.73. The molecule has 0 unspecified atom stereocenters. The highest BCUT2D eigenvalue weighted by Crippen LogP contribution is 2.21. The third-order valence-electron chi connectivity index (χ3n) is 2.05. The number of nitrogens with two attached hydrogens (primary N) is 1. The summed E-state index contributed by atoms with van der Waals surface area (Å²) in [5.74, 6) is 2.22. The van der Waals surface area contributed by atoms with Crippen molar-refractivity contribution in [2.24, 2.45) is 0 Å². The highest BCUT2D eigenvalue weighted by Gasteiger charge is 2.10. The Hall–Kier alpha value is -1.56. The Bertz CT molecular complexity index is 497. The monoisotopic (exact) mass is 236 g/mol. The fourth-order valence-corrected chi connectivity index (χ4v) is 1.62. The molecule has 0 aliphatic heterocycles. The van der Waals surface area contributed by atoms with E-state index < -0.39 is 0 Å². The fourth-order valence-electron chi connectivity index (χ4n) is 1.26. The van der Waals surface area contributed by atoms with Crippen molar-refractivity contribution < 1.29 is 4.42 Å². The molecule has 0 aliphatic carbocycles. The van der Waals surface area contributed by atoms with Gasteiger partial charge in [-0.05, 0) is 18.4 Å². The number of hydrogen-bond donors (Lipinski definition) is 1. The Morgan fingerprint density at radius 2 is 2.12 bits per heavy atom. The van der Waals surface area contributed by atoms with Crippen molar-refractivity contribution in [2.45, 2.75) is 18.5 Å². The lowest BCUT2D eigenvalue weighted by Gasteiger charge is -2.00. The van der Waals surface area contributed by atoms with E-state index in [-0.39, 0.29) is 5.95 Å². The number of aryl methyl sites for hydroxylation is 1. The normalized spacial score (nSPS) is 10.6. The molecule has 5 nitrogen and oxygen atoms in total. The molecule has 0 aromatic carbocycles. The van der Waals surface area contributed by atoms with Gasteiger partial charge in [0.15, 0.2) is 10.9 Å². The molecule has 0 fully saturated rings. The molecule has 0 amide bonds. The van der Waals surface area contributed by atoms with E-state index in [4.69, 9.17) is 10.2 Å². The Kier molecular flexibility index (Phi) is 3.09. The maximum Gasteiger partial charge on any atom is 0.224 e. The molecule has 0 atom stereocenters. The van der Waals surface area contributed by atoms with Crippen LogP contribution in [0.15, 0.2) is 21.7 Å². The first-order valence-electron chi connectivity index (χ1n) is 4.87. The summed E-state index contributed by atoms with van der Waals surface area (Å²) in [4.78, 5) is 12.3. The van der Waals surface area contributed by atoms with E-state index in [2.05, 4.69) is 15.0 Å². The maximum absolute atomic E-state index is 5.59. The summed E-state index contributed by atoms with van der Waals surface area (Å²) < 4.78 is 5.56. The predicted molar refractivity (Wildman–Crippen MR) is 63.1 cm³/mol. The first kappa shape index (κ1) is 10.9. The van der Waals surface area contributed by atoms with Gasteiger partial charge in [0.05, 0.1) is 0 Å². The largest absolute Gasteiger partial charge is 0.458 e. The van der Waals surface area contributed by atoms with Gasteiger partial charge in [0.25, 0.3) is 0 Å². The Labute approximate surface area is 97.5 Å². The molecular formula is C10H12N4OS. The molecule has 2 N–H and O–H groups in total. The minimum absolute atomic E-state index is 0.212. The van der Waals surface area contributed by atoms with E-state index in [0.29, 0.717) is 16.7 Å². The number of furan rings is 1. The van der Waals surface area contributed by atoms with E-state index in [0.717, 1.165) is 12.2 Å². The average molecular weight is 236 g/mol. The van der Waals surface area contributed by atoms with Crippen LogP contribution in [0.5, 0.6) is 0 Å². The minimum Gasteiger partial charge on any atom is -0.458 e. The van der Waals surface area contributed by atoms with Crippen molar-refractivity contribution in [3.8, 4) is 11.6 Å². The SMILES string of the molecule is CCc1ccc(-c2nc(N)nc(SC)n2)o1. The molecule has 16 heavy (non-hydrogen) atoms. The maximum atomic E-state index is 5.59. The topological polar surface area (TPSA) is 77.8 Å². The van der Waals surface area contributed by atoms with E-state index in [1.807, 2.05) is 25.3 Å². The summed E-state index contributed by atoms with van der Waals surface area (Å²) in [6, 6.07) is 3.76. The van der Waals surface area contributed by atoms with Crippen LogP contribution < -0.4 is 5.73 Å². The average Bonchev–Trinajstić information content (AvgIpc) is 2.76. The van der Waals surface area contributed by atoms with Gasteiger partial charge in [0.2, 0.25) is 11.8 Å². The molecule has 0 spiro atoms. The molecule has 2 rings (SSSR count). The second kappa shape index (κ2) is 4.52. The quantitative estimate of drug-likeness (QED) is 0.821. The van der Waals surface area contributed by atoms with Crippen molar-refractivity contribution in [1.82, 2.24) is 15.0 Å². The summed E-state index contributed by atoms with van der Waals surface area (Å²) in [6.45, 7) is 2.03. The summed E-state index contributed by atoms with van der Waals surface area (Å²) in [7, 11) is 0. The van der Waals surface area contributed by atoms with Gasteiger partial charge in [0.1, 0.15) is 5.76 Å². The molecule has 0 saturated carbocycles. The summed E-state index contributed by atoms with van der Waals surface area (Å²) >= 11 is 1.42. The molecule has 84 valence electrons. The lowest BCUT2D eigenvalue weighted by molar-refractivity contribution is 0.524. The Morgan fingerprint density at radius 3 is 2.75 bits per heavy atom. The van der Waals surface area contributed by atoms with Gasteiger partial charge in [-0.15, -0.1) is 0 Å². The van der Waals surface area contributed by atoms with E-state index in [9.17, 15) is 0 Å². The van der Waals surface area contributed by atoms with Gasteiger partial charge >= 0.3 is 0 Å². The molecule has 0 aliphatic rings. The predicted octanol–water partition coefficient (Wildman–Crippen LogP) is 2.00. The molecule has 0 bridgehead atoms. The highest BCUT2D eigenvalue weighted by atomic mass is 32.2. The molecule has 6 heteroatoms. The van der Waals surface area contributed by atoms with Gasteiger partial charge in [-0.3, -0.25) is 0 Å². The Morgan fingerprint density at radius 1 is 1.31 bits per heavy atom. The van der Waals surface area contributed by atoms with Gasteiger partial charge < -0.3 is 10.2 Å². The number of anilines is 1. The number of hydrogen-bond acceptors (Lipinski definition) is 6. The number of nitrogen functional groups attached to an aromatic ring is 1. The van der Waals surface area contributed by atoms with Crippen LogP contribution in [0.4, 0.5) is 5.95 Å². The number of nitrogens with zero attached hydrogens (tertiary/aromatic N) is 3. The number of thioether (sulfide) groups is 1. The van der Waals surface area contributed by atoms with Gasteiger partial charge in [-0.25, -0.2) is 0 Å². The second-order valence-corrected chi connectivity index (χ2v) is 3.90.